The Morgan fingerprint density at radius 1 is 1.35 bits per heavy atom. The van der Waals surface area contributed by atoms with Crippen LogP contribution in [0.4, 0.5) is 0 Å². The first-order valence-corrected chi connectivity index (χ1v) is 7.96. The van der Waals surface area contributed by atoms with Crippen molar-refractivity contribution in [2.24, 2.45) is 5.73 Å². The Kier molecular flexibility index (Phi) is 6.26. The van der Waals surface area contributed by atoms with Gasteiger partial charge in [-0.2, -0.15) is 4.31 Å². The van der Waals surface area contributed by atoms with Gasteiger partial charge in [0.2, 0.25) is 10.0 Å². The smallest absolute Gasteiger partial charge is 0.243 e. The van der Waals surface area contributed by atoms with Crippen LogP contribution in [0.2, 0.25) is 0 Å². The zero-order valence-corrected chi connectivity index (χ0v) is 13.1. The highest BCUT2D eigenvalue weighted by Crippen LogP contribution is 2.22. The van der Waals surface area contributed by atoms with E-state index in [0.29, 0.717) is 30.3 Å². The van der Waals surface area contributed by atoms with E-state index in [-0.39, 0.29) is 18.4 Å². The van der Waals surface area contributed by atoms with Crippen LogP contribution in [-0.4, -0.2) is 38.5 Å². The van der Waals surface area contributed by atoms with Gasteiger partial charge < -0.3 is 10.5 Å². The van der Waals surface area contributed by atoms with E-state index in [1.54, 1.807) is 24.3 Å². The van der Waals surface area contributed by atoms with Crippen molar-refractivity contribution >= 4 is 22.4 Å². The Morgan fingerprint density at radius 3 is 2.50 bits per heavy atom. The maximum atomic E-state index is 12.3. The van der Waals surface area contributed by atoms with Crippen molar-refractivity contribution in [3.8, 4) is 5.75 Å². The second-order valence-electron chi connectivity index (χ2n) is 4.73. The van der Waals surface area contributed by atoms with Crippen LogP contribution in [0.5, 0.6) is 5.75 Å². The fourth-order valence-electron chi connectivity index (χ4n) is 2.05. The van der Waals surface area contributed by atoms with E-state index >= 15 is 0 Å². The van der Waals surface area contributed by atoms with Crippen molar-refractivity contribution in [3.05, 3.63) is 24.3 Å². The Morgan fingerprint density at radius 2 is 2.00 bits per heavy atom. The molecule has 1 aliphatic rings. The summed E-state index contributed by atoms with van der Waals surface area (Å²) in [7, 11) is -3.41. The van der Waals surface area contributed by atoms with Crippen LogP contribution in [0.1, 0.15) is 19.8 Å². The molecule has 1 aromatic carbocycles. The Bertz CT molecular complexity index is 519. The van der Waals surface area contributed by atoms with E-state index < -0.39 is 10.0 Å². The van der Waals surface area contributed by atoms with E-state index in [0.717, 1.165) is 12.8 Å². The molecule has 114 valence electrons. The molecule has 0 aromatic heterocycles. The second-order valence-corrected chi connectivity index (χ2v) is 6.67. The lowest BCUT2D eigenvalue weighted by atomic mass is 10.3. The fraction of sp³-hybridized carbons (Fsp3) is 0.538. The first kappa shape index (κ1) is 17.2. The van der Waals surface area contributed by atoms with E-state index in [9.17, 15) is 8.42 Å². The van der Waals surface area contributed by atoms with Gasteiger partial charge in [0.1, 0.15) is 5.75 Å². The molecule has 0 saturated carbocycles. The third-order valence-electron chi connectivity index (χ3n) is 3.12. The minimum absolute atomic E-state index is 0. The summed E-state index contributed by atoms with van der Waals surface area (Å²) in [6, 6.07) is 6.51. The molecule has 1 fully saturated rings. The predicted molar refractivity (Wildman–Crippen MR) is 80.8 cm³/mol. The normalized spacial score (nSPS) is 19.6. The predicted octanol–water partition coefficient (Wildman–Crippen LogP) is 1.62. The number of rotatable bonds is 5. The summed E-state index contributed by atoms with van der Waals surface area (Å²) in [6.45, 7) is 3.55. The molecule has 7 heteroatoms. The number of hydrogen-bond acceptors (Lipinski definition) is 4. The monoisotopic (exact) mass is 320 g/mol. The lowest BCUT2D eigenvalue weighted by molar-refractivity contribution is 0.317. The van der Waals surface area contributed by atoms with Gasteiger partial charge in [-0.3, -0.25) is 0 Å². The molecule has 2 rings (SSSR count). The van der Waals surface area contributed by atoms with Crippen molar-refractivity contribution in [2.45, 2.75) is 30.7 Å². The molecule has 1 saturated heterocycles. The van der Waals surface area contributed by atoms with Crippen LogP contribution >= 0.6 is 12.4 Å². The molecule has 0 amide bonds. The molecule has 0 aliphatic carbocycles. The van der Waals surface area contributed by atoms with E-state index in [1.165, 1.54) is 4.31 Å². The number of nitrogens with zero attached hydrogens (tertiary/aromatic N) is 1. The summed E-state index contributed by atoms with van der Waals surface area (Å²) in [5.74, 6) is 0.693. The van der Waals surface area contributed by atoms with Gasteiger partial charge in [0, 0.05) is 19.1 Å². The molecule has 0 bridgehead atoms. The first-order valence-electron chi connectivity index (χ1n) is 6.52. The number of nitrogens with two attached hydrogens (primary N) is 1. The van der Waals surface area contributed by atoms with Gasteiger partial charge in [-0.25, -0.2) is 8.42 Å². The quantitative estimate of drug-likeness (QED) is 0.894. The van der Waals surface area contributed by atoms with Crippen LogP contribution < -0.4 is 10.5 Å². The molecule has 0 radical (unpaired) electrons. The topological polar surface area (TPSA) is 72.6 Å². The van der Waals surface area contributed by atoms with Gasteiger partial charge in [0.15, 0.2) is 0 Å². The highest BCUT2D eigenvalue weighted by atomic mass is 35.5. The van der Waals surface area contributed by atoms with E-state index in [1.807, 2.05) is 6.92 Å². The third-order valence-corrected chi connectivity index (χ3v) is 5.00. The fourth-order valence-corrected chi connectivity index (χ4v) is 3.56. The molecular weight excluding hydrogens is 300 g/mol. The average Bonchev–Trinajstić information content (AvgIpc) is 2.84. The molecule has 2 N–H and O–H groups in total. The van der Waals surface area contributed by atoms with Crippen LogP contribution in [0.25, 0.3) is 0 Å². The van der Waals surface area contributed by atoms with Gasteiger partial charge in [-0.15, -0.1) is 12.4 Å². The van der Waals surface area contributed by atoms with Crippen LogP contribution in [-0.2, 0) is 10.0 Å². The standard InChI is InChI=1S/C13H20N2O3S.ClH/c1-2-9-18-12-3-5-13(6-4-12)19(16,17)15-8-7-11(14)10-15;/h3-6,11H,2,7-10,14H2,1H3;1H/t11-;/m0./s1. The molecule has 1 aliphatic heterocycles. The molecular formula is C13H21ClN2O3S. The van der Waals surface area contributed by atoms with E-state index in [4.69, 9.17) is 10.5 Å². The summed E-state index contributed by atoms with van der Waals surface area (Å²) >= 11 is 0. The van der Waals surface area contributed by atoms with Crippen molar-refractivity contribution in [2.75, 3.05) is 19.7 Å². The number of halogens is 1. The molecule has 0 unspecified atom stereocenters. The number of hydrogen-bond donors (Lipinski definition) is 1. The minimum atomic E-state index is -3.41. The summed E-state index contributed by atoms with van der Waals surface area (Å²) in [5, 5.41) is 0. The van der Waals surface area contributed by atoms with E-state index in [2.05, 4.69) is 0 Å². The van der Waals surface area contributed by atoms with Crippen molar-refractivity contribution in [1.29, 1.82) is 0 Å². The average molecular weight is 321 g/mol. The molecule has 5 nitrogen and oxygen atoms in total. The molecule has 1 heterocycles. The van der Waals surface area contributed by atoms with Gasteiger partial charge in [0.25, 0.3) is 0 Å². The molecule has 0 spiro atoms. The van der Waals surface area contributed by atoms with Crippen LogP contribution in [0.15, 0.2) is 29.2 Å². The van der Waals surface area contributed by atoms with Gasteiger partial charge >= 0.3 is 0 Å². The van der Waals surface area contributed by atoms with Crippen LogP contribution in [0.3, 0.4) is 0 Å². The Balaban J connectivity index is 0.00000200. The number of sulfonamides is 1. The van der Waals surface area contributed by atoms with Gasteiger partial charge in [-0.1, -0.05) is 6.92 Å². The summed E-state index contributed by atoms with van der Waals surface area (Å²) < 4.78 is 31.6. The SMILES string of the molecule is CCCOc1ccc(S(=O)(=O)N2CC[C@H](N)C2)cc1.Cl. The molecule has 20 heavy (non-hydrogen) atoms. The maximum Gasteiger partial charge on any atom is 0.243 e. The lowest BCUT2D eigenvalue weighted by Gasteiger charge is -2.16. The Hall–Kier alpha value is -0.820. The highest BCUT2D eigenvalue weighted by molar-refractivity contribution is 7.89. The maximum absolute atomic E-state index is 12.3. The van der Waals surface area contributed by atoms with Gasteiger partial charge in [0.05, 0.1) is 11.5 Å². The second kappa shape index (κ2) is 7.26. The van der Waals surface area contributed by atoms with Crippen LogP contribution in [0, 0.1) is 0 Å². The minimum Gasteiger partial charge on any atom is -0.494 e. The van der Waals surface area contributed by atoms with Crippen molar-refractivity contribution in [3.63, 3.8) is 0 Å². The molecule has 1 atom stereocenters. The number of ether oxygens (including phenoxy) is 1. The third kappa shape index (κ3) is 3.85. The van der Waals surface area contributed by atoms with Crippen molar-refractivity contribution < 1.29 is 13.2 Å². The summed E-state index contributed by atoms with van der Waals surface area (Å²) in [5.41, 5.74) is 5.75. The Labute approximate surface area is 126 Å². The lowest BCUT2D eigenvalue weighted by Crippen LogP contribution is -2.31. The van der Waals surface area contributed by atoms with Crippen molar-refractivity contribution in [1.82, 2.24) is 4.31 Å². The number of benzene rings is 1. The van der Waals surface area contributed by atoms with Gasteiger partial charge in [-0.05, 0) is 37.1 Å². The zero-order valence-electron chi connectivity index (χ0n) is 11.5. The molecule has 1 aromatic rings. The first-order chi connectivity index (χ1) is 9.04. The summed E-state index contributed by atoms with van der Waals surface area (Å²) in [4.78, 5) is 0.297. The largest absolute Gasteiger partial charge is 0.494 e. The highest BCUT2D eigenvalue weighted by Gasteiger charge is 2.30. The zero-order chi connectivity index (χ0) is 13.9. The summed E-state index contributed by atoms with van der Waals surface area (Å²) in [6.07, 6.45) is 1.64.